The smallest absolute Gasteiger partial charge is 0.127 e. The van der Waals surface area contributed by atoms with Crippen LogP contribution in [0.5, 0.6) is 0 Å². The molecule has 0 radical (unpaired) electrons. The Labute approximate surface area is 105 Å². The fraction of sp³-hybridized carbons (Fsp3) is 0.600. The van der Waals surface area contributed by atoms with Crippen molar-refractivity contribution < 1.29 is 4.42 Å². The van der Waals surface area contributed by atoms with Gasteiger partial charge in [0.25, 0.3) is 0 Å². The summed E-state index contributed by atoms with van der Waals surface area (Å²) in [6.07, 6.45) is 4.30. The molecule has 2 heteroatoms. The lowest BCUT2D eigenvalue weighted by molar-refractivity contribution is 0.506. The van der Waals surface area contributed by atoms with Gasteiger partial charge in [-0.1, -0.05) is 33.3 Å². The van der Waals surface area contributed by atoms with E-state index in [1.807, 2.05) is 0 Å². The second-order valence-electron chi connectivity index (χ2n) is 4.71. The van der Waals surface area contributed by atoms with Crippen molar-refractivity contribution in [3.63, 3.8) is 0 Å². The molecule has 0 bridgehead atoms. The van der Waals surface area contributed by atoms with Gasteiger partial charge in [-0.15, -0.1) is 0 Å². The molecule has 0 atom stereocenters. The maximum Gasteiger partial charge on any atom is 0.127 e. The Bertz CT molecular complexity index is 350. The fourth-order valence-electron chi connectivity index (χ4n) is 1.68. The van der Waals surface area contributed by atoms with Gasteiger partial charge in [0, 0.05) is 13.0 Å². The predicted molar refractivity (Wildman–Crippen MR) is 74.1 cm³/mol. The summed E-state index contributed by atoms with van der Waals surface area (Å²) < 4.78 is 5.72. The first-order valence-electron chi connectivity index (χ1n) is 6.67. The maximum absolute atomic E-state index is 5.72. The molecule has 0 aliphatic rings. The summed E-state index contributed by atoms with van der Waals surface area (Å²) in [4.78, 5) is 0. The Hall–Kier alpha value is -1.02. The fourth-order valence-corrected chi connectivity index (χ4v) is 1.68. The summed E-state index contributed by atoms with van der Waals surface area (Å²) in [7, 11) is 0. The molecule has 1 rings (SSSR count). The minimum absolute atomic E-state index is 0.550. The Morgan fingerprint density at radius 1 is 1.35 bits per heavy atom. The molecule has 96 valence electrons. The van der Waals surface area contributed by atoms with Crippen LogP contribution in [0.4, 0.5) is 0 Å². The van der Waals surface area contributed by atoms with Crippen LogP contribution in [0.2, 0.25) is 0 Å². The molecule has 1 aromatic rings. The van der Waals surface area contributed by atoms with E-state index in [0.717, 1.165) is 31.0 Å². The zero-order valence-electron chi connectivity index (χ0n) is 11.5. The lowest BCUT2D eigenvalue weighted by Crippen LogP contribution is -2.19. The third-order valence-electron chi connectivity index (χ3n) is 2.86. The van der Waals surface area contributed by atoms with Crippen molar-refractivity contribution in [1.29, 1.82) is 0 Å². The average molecular weight is 235 g/mol. The standard InChI is InChI=1S/C15H25NO/c1-5-9-16-11-13(12(3)4)10-15-8-7-14(6-2)17-15/h7-8,10,12,16H,5-6,9,11H2,1-4H3. The molecule has 0 amide bonds. The third kappa shape index (κ3) is 4.78. The van der Waals surface area contributed by atoms with Crippen LogP contribution in [-0.2, 0) is 6.42 Å². The van der Waals surface area contributed by atoms with Gasteiger partial charge in [0.2, 0.25) is 0 Å². The van der Waals surface area contributed by atoms with E-state index in [1.54, 1.807) is 0 Å². The minimum Gasteiger partial charge on any atom is -0.462 e. The first-order chi connectivity index (χ1) is 8.17. The van der Waals surface area contributed by atoms with Crippen LogP contribution in [0.15, 0.2) is 22.1 Å². The molecule has 0 fully saturated rings. The zero-order valence-corrected chi connectivity index (χ0v) is 11.5. The molecule has 0 aliphatic heterocycles. The van der Waals surface area contributed by atoms with Crippen molar-refractivity contribution in [3.05, 3.63) is 29.2 Å². The van der Waals surface area contributed by atoms with Crippen LogP contribution in [0.25, 0.3) is 6.08 Å². The number of nitrogens with one attached hydrogen (secondary N) is 1. The van der Waals surface area contributed by atoms with Crippen molar-refractivity contribution in [2.45, 2.75) is 40.5 Å². The molecule has 1 heterocycles. The molecule has 17 heavy (non-hydrogen) atoms. The molecule has 0 unspecified atom stereocenters. The highest BCUT2D eigenvalue weighted by molar-refractivity contribution is 5.48. The lowest BCUT2D eigenvalue weighted by Gasteiger charge is -2.11. The molecule has 0 saturated heterocycles. The minimum atomic E-state index is 0.550. The summed E-state index contributed by atoms with van der Waals surface area (Å²) in [5, 5.41) is 3.45. The summed E-state index contributed by atoms with van der Waals surface area (Å²) in [6, 6.07) is 4.12. The van der Waals surface area contributed by atoms with E-state index >= 15 is 0 Å². The number of aryl methyl sites for hydroxylation is 1. The van der Waals surface area contributed by atoms with Crippen molar-refractivity contribution in [2.75, 3.05) is 13.1 Å². The van der Waals surface area contributed by atoms with Crippen molar-refractivity contribution >= 4 is 6.08 Å². The van der Waals surface area contributed by atoms with Crippen LogP contribution < -0.4 is 5.32 Å². The van der Waals surface area contributed by atoms with Crippen molar-refractivity contribution in [1.82, 2.24) is 5.32 Å². The van der Waals surface area contributed by atoms with Crippen LogP contribution in [0.3, 0.4) is 0 Å². The summed E-state index contributed by atoms with van der Waals surface area (Å²) in [6.45, 7) is 10.8. The van der Waals surface area contributed by atoms with Gasteiger partial charge in [-0.2, -0.15) is 0 Å². The number of rotatable bonds is 7. The largest absolute Gasteiger partial charge is 0.462 e. The van der Waals surface area contributed by atoms with Gasteiger partial charge in [-0.25, -0.2) is 0 Å². The first kappa shape index (κ1) is 14.0. The van der Waals surface area contributed by atoms with Gasteiger partial charge in [0.1, 0.15) is 11.5 Å². The van der Waals surface area contributed by atoms with E-state index in [2.05, 4.69) is 51.2 Å². The van der Waals surface area contributed by atoms with E-state index < -0.39 is 0 Å². The first-order valence-corrected chi connectivity index (χ1v) is 6.67. The predicted octanol–water partition coefficient (Wildman–Crippen LogP) is 3.88. The molecule has 0 saturated carbocycles. The van der Waals surface area contributed by atoms with E-state index in [1.165, 1.54) is 12.0 Å². The maximum atomic E-state index is 5.72. The highest BCUT2D eigenvalue weighted by Gasteiger charge is 2.05. The average Bonchev–Trinajstić information content (AvgIpc) is 2.75. The van der Waals surface area contributed by atoms with E-state index in [4.69, 9.17) is 4.42 Å². The van der Waals surface area contributed by atoms with Crippen LogP contribution in [0.1, 0.15) is 45.6 Å². The third-order valence-corrected chi connectivity index (χ3v) is 2.86. The Balaban J connectivity index is 2.68. The molecule has 1 aromatic heterocycles. The summed E-state index contributed by atoms with van der Waals surface area (Å²) in [5.74, 6) is 2.58. The molecule has 0 aliphatic carbocycles. The normalized spacial score (nSPS) is 12.4. The van der Waals surface area contributed by atoms with Crippen LogP contribution >= 0.6 is 0 Å². The number of hydrogen-bond donors (Lipinski definition) is 1. The topological polar surface area (TPSA) is 25.2 Å². The summed E-state index contributed by atoms with van der Waals surface area (Å²) in [5.41, 5.74) is 1.40. The molecule has 1 N–H and O–H groups in total. The van der Waals surface area contributed by atoms with Crippen LogP contribution in [-0.4, -0.2) is 13.1 Å². The SMILES string of the molecule is CCCNCC(=Cc1ccc(CC)o1)C(C)C. The highest BCUT2D eigenvalue weighted by Crippen LogP contribution is 2.16. The van der Waals surface area contributed by atoms with Gasteiger partial charge in [0.15, 0.2) is 0 Å². The van der Waals surface area contributed by atoms with Crippen LogP contribution in [0, 0.1) is 5.92 Å². The quantitative estimate of drug-likeness (QED) is 0.725. The molecule has 0 aromatic carbocycles. The molecular weight excluding hydrogens is 210 g/mol. The molecule has 2 nitrogen and oxygen atoms in total. The van der Waals surface area contributed by atoms with E-state index in [0.29, 0.717) is 5.92 Å². The number of furan rings is 1. The number of hydrogen-bond acceptors (Lipinski definition) is 2. The van der Waals surface area contributed by atoms with Gasteiger partial charge in [-0.05, 0) is 37.1 Å². The highest BCUT2D eigenvalue weighted by atomic mass is 16.3. The lowest BCUT2D eigenvalue weighted by atomic mass is 10.0. The Morgan fingerprint density at radius 2 is 2.12 bits per heavy atom. The van der Waals surface area contributed by atoms with E-state index in [9.17, 15) is 0 Å². The van der Waals surface area contributed by atoms with Crippen molar-refractivity contribution in [3.8, 4) is 0 Å². The Morgan fingerprint density at radius 3 is 2.65 bits per heavy atom. The monoisotopic (exact) mass is 235 g/mol. The second-order valence-corrected chi connectivity index (χ2v) is 4.71. The zero-order chi connectivity index (χ0) is 12.7. The molecular formula is C15H25NO. The second kappa shape index (κ2) is 7.33. The van der Waals surface area contributed by atoms with Gasteiger partial charge in [-0.3, -0.25) is 0 Å². The van der Waals surface area contributed by atoms with Crippen molar-refractivity contribution in [2.24, 2.45) is 5.92 Å². The van der Waals surface area contributed by atoms with Gasteiger partial charge >= 0.3 is 0 Å². The van der Waals surface area contributed by atoms with Gasteiger partial charge < -0.3 is 9.73 Å². The summed E-state index contributed by atoms with van der Waals surface area (Å²) >= 11 is 0. The molecule has 0 spiro atoms. The van der Waals surface area contributed by atoms with Gasteiger partial charge in [0.05, 0.1) is 0 Å². The Kier molecular flexibility index (Phi) is 6.06. The van der Waals surface area contributed by atoms with E-state index in [-0.39, 0.29) is 0 Å².